The normalized spacial score (nSPS) is 11.3. The zero-order chi connectivity index (χ0) is 12.5. The van der Waals surface area contributed by atoms with Gasteiger partial charge in [-0.25, -0.2) is 8.42 Å². The Morgan fingerprint density at radius 2 is 1.53 bits per heavy atom. The summed E-state index contributed by atoms with van der Waals surface area (Å²) in [4.78, 5) is 0.180. The van der Waals surface area contributed by atoms with Crippen LogP contribution < -0.4 is 5.73 Å². The van der Waals surface area contributed by atoms with Crippen LogP contribution in [0, 0.1) is 0 Å². The topological polar surface area (TPSA) is 80.4 Å². The minimum Gasteiger partial charge on any atom is -0.508 e. The van der Waals surface area contributed by atoms with Crippen molar-refractivity contribution >= 4 is 15.5 Å². The number of nitrogens with two attached hydrogens (primary N) is 1. The molecule has 0 fully saturated rings. The quantitative estimate of drug-likeness (QED) is 0.795. The minimum absolute atomic E-state index is 0.0185. The standard InChI is InChI=1S/C12H11NO3S/c13-11-3-1-2-4-12(11)17(15,16)10-7-5-9(14)6-8-10/h1-8,14H,13H2. The molecule has 0 saturated heterocycles. The number of hydrogen-bond donors (Lipinski definition) is 2. The summed E-state index contributed by atoms with van der Waals surface area (Å²) in [6.45, 7) is 0. The van der Waals surface area contributed by atoms with Crippen LogP contribution in [0.5, 0.6) is 5.75 Å². The molecule has 0 radical (unpaired) electrons. The summed E-state index contributed by atoms with van der Waals surface area (Å²) in [5.74, 6) is 0.0185. The number of para-hydroxylation sites is 1. The predicted molar refractivity (Wildman–Crippen MR) is 64.4 cm³/mol. The number of anilines is 1. The van der Waals surface area contributed by atoms with E-state index in [0.29, 0.717) is 0 Å². The molecule has 4 nitrogen and oxygen atoms in total. The maximum atomic E-state index is 12.2. The Bertz CT molecular complexity index is 633. The van der Waals surface area contributed by atoms with Crippen LogP contribution in [0.4, 0.5) is 5.69 Å². The summed E-state index contributed by atoms with van der Waals surface area (Å²) in [7, 11) is -3.62. The van der Waals surface area contributed by atoms with Gasteiger partial charge in [0.05, 0.1) is 15.5 Å². The first-order chi connectivity index (χ1) is 8.01. The molecule has 0 saturated carbocycles. The Balaban J connectivity index is 2.58. The summed E-state index contributed by atoms with van der Waals surface area (Å²) in [5, 5.41) is 9.13. The van der Waals surface area contributed by atoms with Gasteiger partial charge < -0.3 is 10.8 Å². The van der Waals surface area contributed by atoms with Gasteiger partial charge >= 0.3 is 0 Å². The second-order valence-corrected chi connectivity index (χ2v) is 5.45. The maximum absolute atomic E-state index is 12.2. The number of rotatable bonds is 2. The van der Waals surface area contributed by atoms with E-state index in [4.69, 9.17) is 10.8 Å². The first kappa shape index (κ1) is 11.5. The van der Waals surface area contributed by atoms with Gasteiger partial charge in [0.25, 0.3) is 0 Å². The lowest BCUT2D eigenvalue weighted by Gasteiger charge is -2.07. The summed E-state index contributed by atoms with van der Waals surface area (Å²) in [6, 6.07) is 11.6. The van der Waals surface area contributed by atoms with Crippen LogP contribution in [0.3, 0.4) is 0 Å². The van der Waals surface area contributed by atoms with Crippen molar-refractivity contribution in [2.24, 2.45) is 0 Å². The largest absolute Gasteiger partial charge is 0.508 e. The Hall–Kier alpha value is -2.01. The zero-order valence-corrected chi connectivity index (χ0v) is 9.68. The third kappa shape index (κ3) is 2.09. The summed E-state index contributed by atoms with van der Waals surface area (Å²) in [5.41, 5.74) is 5.85. The maximum Gasteiger partial charge on any atom is 0.208 e. The number of nitrogen functional groups attached to an aromatic ring is 1. The van der Waals surface area contributed by atoms with Crippen molar-refractivity contribution in [3.63, 3.8) is 0 Å². The van der Waals surface area contributed by atoms with Gasteiger partial charge in [0.1, 0.15) is 5.75 Å². The van der Waals surface area contributed by atoms with Crippen LogP contribution in [0.1, 0.15) is 0 Å². The van der Waals surface area contributed by atoms with Crippen molar-refractivity contribution in [3.05, 3.63) is 48.5 Å². The second-order valence-electron chi connectivity index (χ2n) is 3.54. The molecule has 88 valence electrons. The molecule has 0 aliphatic heterocycles. The third-order valence-corrected chi connectivity index (χ3v) is 4.20. The van der Waals surface area contributed by atoms with E-state index in [1.165, 1.54) is 36.4 Å². The SMILES string of the molecule is Nc1ccccc1S(=O)(=O)c1ccc(O)cc1. The predicted octanol–water partition coefficient (Wildman–Crippen LogP) is 1.81. The van der Waals surface area contributed by atoms with Gasteiger partial charge in [-0.3, -0.25) is 0 Å². The monoisotopic (exact) mass is 249 g/mol. The summed E-state index contributed by atoms with van der Waals surface area (Å²) < 4.78 is 24.4. The molecular weight excluding hydrogens is 238 g/mol. The molecule has 0 aliphatic carbocycles. The molecule has 0 bridgehead atoms. The molecule has 0 atom stereocenters. The molecule has 0 aromatic heterocycles. The van der Waals surface area contributed by atoms with Crippen LogP contribution in [0.2, 0.25) is 0 Å². The first-order valence-corrected chi connectivity index (χ1v) is 6.39. The summed E-state index contributed by atoms with van der Waals surface area (Å²) in [6.07, 6.45) is 0. The molecule has 3 N–H and O–H groups in total. The van der Waals surface area contributed by atoms with Crippen molar-refractivity contribution < 1.29 is 13.5 Å². The smallest absolute Gasteiger partial charge is 0.208 e. The van der Waals surface area contributed by atoms with Crippen molar-refractivity contribution in [3.8, 4) is 5.75 Å². The Morgan fingerprint density at radius 1 is 0.941 bits per heavy atom. The molecular formula is C12H11NO3S. The molecule has 0 spiro atoms. The average molecular weight is 249 g/mol. The van der Waals surface area contributed by atoms with Gasteiger partial charge in [0.15, 0.2) is 0 Å². The van der Waals surface area contributed by atoms with Gasteiger partial charge in [-0.2, -0.15) is 0 Å². The van der Waals surface area contributed by atoms with E-state index in [0.717, 1.165) is 0 Å². The van der Waals surface area contributed by atoms with Crippen LogP contribution in [0.15, 0.2) is 58.3 Å². The lowest BCUT2D eigenvalue weighted by Crippen LogP contribution is -2.05. The molecule has 2 aromatic carbocycles. The highest BCUT2D eigenvalue weighted by molar-refractivity contribution is 7.91. The van der Waals surface area contributed by atoms with Crippen LogP contribution >= 0.6 is 0 Å². The number of benzene rings is 2. The molecule has 2 rings (SSSR count). The lowest BCUT2D eigenvalue weighted by molar-refractivity contribution is 0.475. The van der Waals surface area contributed by atoms with Crippen molar-refractivity contribution in [1.82, 2.24) is 0 Å². The fourth-order valence-corrected chi connectivity index (χ4v) is 2.86. The minimum atomic E-state index is -3.62. The van der Waals surface area contributed by atoms with Crippen LogP contribution in [-0.2, 0) is 9.84 Å². The number of sulfone groups is 1. The summed E-state index contributed by atoms with van der Waals surface area (Å²) >= 11 is 0. The molecule has 5 heteroatoms. The Kier molecular flexibility index (Phi) is 2.77. The first-order valence-electron chi connectivity index (χ1n) is 4.90. The van der Waals surface area contributed by atoms with E-state index < -0.39 is 9.84 Å². The highest BCUT2D eigenvalue weighted by atomic mass is 32.2. The van der Waals surface area contributed by atoms with Crippen molar-refractivity contribution in [1.29, 1.82) is 0 Å². The highest BCUT2D eigenvalue weighted by Crippen LogP contribution is 2.26. The molecule has 17 heavy (non-hydrogen) atoms. The fourth-order valence-electron chi connectivity index (χ4n) is 1.48. The van der Waals surface area contributed by atoms with E-state index in [9.17, 15) is 8.42 Å². The van der Waals surface area contributed by atoms with Crippen molar-refractivity contribution in [2.75, 3.05) is 5.73 Å². The van der Waals surface area contributed by atoms with Crippen molar-refractivity contribution in [2.45, 2.75) is 9.79 Å². The second kappa shape index (κ2) is 4.10. The third-order valence-electron chi connectivity index (χ3n) is 2.36. The number of phenolic OH excluding ortho intramolecular Hbond substituents is 1. The zero-order valence-electron chi connectivity index (χ0n) is 8.87. The number of aromatic hydroxyl groups is 1. The van der Waals surface area contributed by atoms with Crippen LogP contribution in [-0.4, -0.2) is 13.5 Å². The molecule has 2 aromatic rings. The van der Waals surface area contributed by atoms with Gasteiger partial charge in [-0.15, -0.1) is 0 Å². The van der Waals surface area contributed by atoms with E-state index >= 15 is 0 Å². The van der Waals surface area contributed by atoms with E-state index in [-0.39, 0.29) is 21.2 Å². The molecule has 0 amide bonds. The number of phenols is 1. The molecule has 0 aliphatic rings. The fraction of sp³-hybridized carbons (Fsp3) is 0. The van der Waals surface area contributed by atoms with Crippen LogP contribution in [0.25, 0.3) is 0 Å². The Morgan fingerprint density at radius 3 is 2.12 bits per heavy atom. The van der Waals surface area contributed by atoms with Gasteiger partial charge in [0.2, 0.25) is 9.84 Å². The lowest BCUT2D eigenvalue weighted by atomic mass is 10.3. The number of hydrogen-bond acceptors (Lipinski definition) is 4. The molecule has 0 heterocycles. The van der Waals surface area contributed by atoms with Gasteiger partial charge in [0, 0.05) is 0 Å². The average Bonchev–Trinajstić information content (AvgIpc) is 2.30. The van der Waals surface area contributed by atoms with E-state index in [1.807, 2.05) is 0 Å². The highest BCUT2D eigenvalue weighted by Gasteiger charge is 2.19. The van der Waals surface area contributed by atoms with E-state index in [1.54, 1.807) is 12.1 Å². The van der Waals surface area contributed by atoms with Gasteiger partial charge in [-0.1, -0.05) is 12.1 Å². The van der Waals surface area contributed by atoms with Gasteiger partial charge in [-0.05, 0) is 36.4 Å². The molecule has 0 unspecified atom stereocenters. The van der Waals surface area contributed by atoms with E-state index in [2.05, 4.69) is 0 Å². The Labute approximate surface area is 99.2 Å².